The number of fused-ring (bicyclic) bond motifs is 1. The molecule has 4 aliphatic rings. The largest absolute Gasteiger partial charge is 0.490 e. The molecule has 6 rings (SSSR count). The minimum atomic E-state index is -0.280. The highest BCUT2D eigenvalue weighted by Crippen LogP contribution is 2.49. The fourth-order valence-electron chi connectivity index (χ4n) is 5.15. The highest BCUT2D eigenvalue weighted by Gasteiger charge is 2.56. The number of hydrogen-bond donors (Lipinski definition) is 0. The zero-order chi connectivity index (χ0) is 24.7. The molecule has 2 fully saturated rings. The normalized spacial score (nSPS) is 25.0. The number of hydrazone groups is 1. The van der Waals surface area contributed by atoms with E-state index in [1.165, 1.54) is 6.21 Å². The number of benzene rings is 2. The minimum absolute atomic E-state index is 0.137. The summed E-state index contributed by atoms with van der Waals surface area (Å²) in [6.45, 7) is 2.57. The van der Waals surface area contributed by atoms with E-state index < -0.39 is 0 Å². The Hall–Kier alpha value is -2.10. The number of halogens is 3. The topological polar surface area (TPSA) is 68.2 Å². The minimum Gasteiger partial charge on any atom is -0.490 e. The third-order valence-corrected chi connectivity index (χ3v) is 8.17. The average Bonchev–Trinajstić information content (AvgIpc) is 3.11. The molecule has 2 amide bonds. The lowest BCUT2D eigenvalue weighted by atomic mass is 9.63. The van der Waals surface area contributed by atoms with Crippen molar-refractivity contribution in [2.24, 2.45) is 28.8 Å². The maximum absolute atomic E-state index is 13.0. The van der Waals surface area contributed by atoms with Crippen molar-refractivity contribution in [3.05, 3.63) is 67.2 Å². The summed E-state index contributed by atoms with van der Waals surface area (Å²) in [5.74, 6) is 0.439. The quantitative estimate of drug-likeness (QED) is 0.161. The smallest absolute Gasteiger partial charge is 0.254 e. The zero-order valence-electron chi connectivity index (χ0n) is 18.9. The molecule has 1 aliphatic heterocycles. The lowest BCUT2D eigenvalue weighted by molar-refractivity contribution is -0.140. The van der Waals surface area contributed by atoms with Gasteiger partial charge in [0.2, 0.25) is 0 Å². The standard InChI is InChI=1S/C26H23Cl2IN2O4/c1-2-34-21-10-14(9-20(29)24(21)35-13-17-7-8-18(27)11-19(17)28)12-30-31-25(32)22-15-3-4-16(6-5-15)23(22)26(31)33/h3-4,7-12,15-16,22-23H,2,5-6,13H2,1H3/b30-12-/t15-,16-,22-,23+/m0/s1. The highest BCUT2D eigenvalue weighted by molar-refractivity contribution is 14.1. The van der Waals surface area contributed by atoms with Gasteiger partial charge in [0, 0.05) is 15.6 Å². The number of nitrogens with zero attached hydrogens (tertiary/aromatic N) is 2. The molecule has 0 spiro atoms. The van der Waals surface area contributed by atoms with Crippen LogP contribution in [0.5, 0.6) is 11.5 Å². The SMILES string of the molecule is CCOc1cc(/C=N\N2C(=O)[C@@H]3[C@H](C2=O)[C@H]2C=C[C@H]3CC2)cc(I)c1OCc1ccc(Cl)cc1Cl. The van der Waals surface area contributed by atoms with Gasteiger partial charge in [-0.05, 0) is 84.0 Å². The molecule has 2 bridgehead atoms. The van der Waals surface area contributed by atoms with Crippen LogP contribution < -0.4 is 9.47 Å². The number of rotatable bonds is 7. The van der Waals surface area contributed by atoms with E-state index >= 15 is 0 Å². The molecule has 6 nitrogen and oxygen atoms in total. The van der Waals surface area contributed by atoms with Gasteiger partial charge in [-0.15, -0.1) is 0 Å². The molecule has 4 atom stereocenters. The monoisotopic (exact) mass is 624 g/mol. The van der Waals surface area contributed by atoms with Gasteiger partial charge in [-0.2, -0.15) is 10.1 Å². The third-order valence-electron chi connectivity index (χ3n) is 6.78. The highest BCUT2D eigenvalue weighted by atomic mass is 127. The van der Waals surface area contributed by atoms with E-state index in [2.05, 4.69) is 39.8 Å². The molecule has 182 valence electrons. The molecule has 0 radical (unpaired) electrons. The van der Waals surface area contributed by atoms with Crippen molar-refractivity contribution < 1.29 is 19.1 Å². The molecule has 0 aromatic heterocycles. The molecule has 2 aromatic carbocycles. The summed E-state index contributed by atoms with van der Waals surface area (Å²) in [5, 5.41) is 6.46. The zero-order valence-corrected chi connectivity index (χ0v) is 22.6. The van der Waals surface area contributed by atoms with Gasteiger partial charge in [0.25, 0.3) is 11.8 Å². The summed E-state index contributed by atoms with van der Waals surface area (Å²) in [7, 11) is 0. The number of carbonyl (C=O) groups excluding carboxylic acids is 2. The second-order valence-electron chi connectivity index (χ2n) is 8.86. The number of carbonyl (C=O) groups is 2. The first-order valence-corrected chi connectivity index (χ1v) is 13.3. The van der Waals surface area contributed by atoms with Crippen molar-refractivity contribution in [3.63, 3.8) is 0 Å². The second kappa shape index (κ2) is 10.1. The van der Waals surface area contributed by atoms with Crippen molar-refractivity contribution in [1.82, 2.24) is 5.01 Å². The Balaban J connectivity index is 1.36. The van der Waals surface area contributed by atoms with Gasteiger partial charge in [0.15, 0.2) is 11.5 Å². The molecule has 1 heterocycles. The first-order chi connectivity index (χ1) is 16.9. The molecule has 0 N–H and O–H groups in total. The van der Waals surface area contributed by atoms with E-state index in [0.717, 1.165) is 27.0 Å². The second-order valence-corrected chi connectivity index (χ2v) is 10.9. The molecule has 2 aromatic rings. The van der Waals surface area contributed by atoms with Gasteiger partial charge in [-0.25, -0.2) is 0 Å². The van der Waals surface area contributed by atoms with Gasteiger partial charge >= 0.3 is 0 Å². The van der Waals surface area contributed by atoms with Crippen LogP contribution >= 0.6 is 45.8 Å². The molecule has 1 saturated carbocycles. The predicted molar refractivity (Wildman–Crippen MR) is 143 cm³/mol. The Labute approximate surface area is 227 Å². The lowest BCUT2D eigenvalue weighted by Crippen LogP contribution is -2.38. The number of allylic oxidation sites excluding steroid dienone is 2. The predicted octanol–water partition coefficient (Wildman–Crippen LogP) is 6.11. The summed E-state index contributed by atoms with van der Waals surface area (Å²) in [5.41, 5.74) is 1.50. The van der Waals surface area contributed by atoms with Crippen LogP contribution in [0.1, 0.15) is 30.9 Å². The maximum Gasteiger partial charge on any atom is 0.254 e. The number of ether oxygens (including phenoxy) is 2. The van der Waals surface area contributed by atoms with Gasteiger partial charge in [0.05, 0.1) is 28.2 Å². The average molecular weight is 625 g/mol. The first-order valence-electron chi connectivity index (χ1n) is 11.5. The van der Waals surface area contributed by atoms with E-state index in [-0.39, 0.29) is 42.1 Å². The summed E-state index contributed by atoms with van der Waals surface area (Å²) in [6.07, 6.45) is 7.64. The van der Waals surface area contributed by atoms with Crippen LogP contribution in [0.2, 0.25) is 10.0 Å². The van der Waals surface area contributed by atoms with Crippen molar-refractivity contribution >= 4 is 63.8 Å². The van der Waals surface area contributed by atoms with E-state index in [9.17, 15) is 9.59 Å². The molecular formula is C26H23Cl2IN2O4. The van der Waals surface area contributed by atoms with Crippen molar-refractivity contribution in [2.75, 3.05) is 6.61 Å². The van der Waals surface area contributed by atoms with Crippen LogP contribution in [-0.4, -0.2) is 29.6 Å². The third kappa shape index (κ3) is 4.70. The Morgan fingerprint density at radius 2 is 1.74 bits per heavy atom. The Morgan fingerprint density at radius 1 is 1.06 bits per heavy atom. The van der Waals surface area contributed by atoms with Gasteiger partial charge in [-0.1, -0.05) is 41.4 Å². The van der Waals surface area contributed by atoms with Gasteiger partial charge in [0.1, 0.15) is 6.61 Å². The maximum atomic E-state index is 13.0. The summed E-state index contributed by atoms with van der Waals surface area (Å²) in [6, 6.07) is 8.92. The van der Waals surface area contributed by atoms with E-state index in [0.29, 0.717) is 33.7 Å². The Bertz CT molecular complexity index is 1220. The summed E-state index contributed by atoms with van der Waals surface area (Å²) in [4.78, 5) is 26.0. The van der Waals surface area contributed by atoms with E-state index in [1.807, 2.05) is 19.1 Å². The van der Waals surface area contributed by atoms with Gasteiger partial charge < -0.3 is 9.47 Å². The van der Waals surface area contributed by atoms with Crippen LogP contribution in [0.4, 0.5) is 0 Å². The molecular weight excluding hydrogens is 602 g/mol. The van der Waals surface area contributed by atoms with Crippen LogP contribution in [-0.2, 0) is 16.2 Å². The van der Waals surface area contributed by atoms with Crippen LogP contribution in [0.3, 0.4) is 0 Å². The number of hydrogen-bond acceptors (Lipinski definition) is 5. The van der Waals surface area contributed by atoms with Crippen LogP contribution in [0.25, 0.3) is 0 Å². The van der Waals surface area contributed by atoms with Crippen molar-refractivity contribution in [2.45, 2.75) is 26.4 Å². The summed E-state index contributed by atoms with van der Waals surface area (Å²) < 4.78 is 12.7. The molecule has 1 saturated heterocycles. The lowest BCUT2D eigenvalue weighted by Gasteiger charge is -2.37. The molecule has 35 heavy (non-hydrogen) atoms. The fourth-order valence-corrected chi connectivity index (χ4v) is 6.39. The van der Waals surface area contributed by atoms with E-state index in [4.69, 9.17) is 32.7 Å². The number of amides is 2. The van der Waals surface area contributed by atoms with Crippen LogP contribution in [0.15, 0.2) is 47.6 Å². The molecule has 0 unspecified atom stereocenters. The Kier molecular flexibility index (Phi) is 7.10. The van der Waals surface area contributed by atoms with Crippen molar-refractivity contribution in [3.8, 4) is 11.5 Å². The molecule has 3 aliphatic carbocycles. The fraction of sp³-hybridized carbons (Fsp3) is 0.346. The van der Waals surface area contributed by atoms with E-state index in [1.54, 1.807) is 18.2 Å². The van der Waals surface area contributed by atoms with Crippen LogP contribution in [0, 0.1) is 27.2 Å². The number of imide groups is 1. The first kappa shape index (κ1) is 24.6. The van der Waals surface area contributed by atoms with Gasteiger partial charge in [-0.3, -0.25) is 9.59 Å². The summed E-state index contributed by atoms with van der Waals surface area (Å²) >= 11 is 14.4. The molecule has 9 heteroatoms. The Morgan fingerprint density at radius 3 is 2.34 bits per heavy atom. The van der Waals surface area contributed by atoms with Crippen molar-refractivity contribution in [1.29, 1.82) is 0 Å².